The van der Waals surface area contributed by atoms with E-state index in [1.54, 1.807) is 19.2 Å². The lowest BCUT2D eigenvalue weighted by molar-refractivity contribution is -0.148. The molecule has 0 aromatic heterocycles. The van der Waals surface area contributed by atoms with E-state index < -0.39 is 12.1 Å². The maximum absolute atomic E-state index is 11.8. The zero-order valence-corrected chi connectivity index (χ0v) is 12.1. The van der Waals surface area contributed by atoms with Gasteiger partial charge in [-0.15, -0.1) is 0 Å². The molecule has 2 amide bonds. The summed E-state index contributed by atoms with van der Waals surface area (Å²) in [6, 6.07) is 6.76. The predicted molar refractivity (Wildman–Crippen MR) is 74.8 cm³/mol. The number of urea groups is 1. The van der Waals surface area contributed by atoms with E-state index in [9.17, 15) is 9.59 Å². The predicted octanol–water partition coefficient (Wildman–Crippen LogP) is 1.58. The lowest BCUT2D eigenvalue weighted by Crippen LogP contribution is -2.43. The summed E-state index contributed by atoms with van der Waals surface area (Å²) < 4.78 is 4.73. The number of hydrogen-bond acceptors (Lipinski definition) is 3. The standard InChI is InChI=1S/C13H17ClN2O4/c1-16(8-9-3-5-10(14)6-4-9)13(19)15-7-11(20-2)12(17)18/h3-6,11H,7-8H2,1-2H3,(H,15,19)(H,17,18). The van der Waals surface area contributed by atoms with Gasteiger partial charge in [0.2, 0.25) is 0 Å². The Balaban J connectivity index is 2.46. The van der Waals surface area contributed by atoms with E-state index in [4.69, 9.17) is 21.4 Å². The van der Waals surface area contributed by atoms with Crippen LogP contribution in [0.4, 0.5) is 4.79 Å². The number of carbonyl (C=O) groups excluding carboxylic acids is 1. The number of nitrogens with zero attached hydrogens (tertiary/aromatic N) is 1. The molecule has 0 saturated heterocycles. The highest BCUT2D eigenvalue weighted by atomic mass is 35.5. The molecule has 20 heavy (non-hydrogen) atoms. The van der Waals surface area contributed by atoms with E-state index >= 15 is 0 Å². The molecule has 0 saturated carbocycles. The second-order valence-corrected chi connectivity index (χ2v) is 4.67. The number of methoxy groups -OCH3 is 1. The van der Waals surface area contributed by atoms with E-state index in [0.717, 1.165) is 5.56 Å². The molecule has 6 nitrogen and oxygen atoms in total. The third-order valence-electron chi connectivity index (χ3n) is 2.68. The molecule has 0 aliphatic carbocycles. The van der Waals surface area contributed by atoms with Crippen molar-refractivity contribution in [3.8, 4) is 0 Å². The fourth-order valence-corrected chi connectivity index (χ4v) is 1.65. The quantitative estimate of drug-likeness (QED) is 0.836. The summed E-state index contributed by atoms with van der Waals surface area (Å²) in [7, 11) is 2.90. The van der Waals surface area contributed by atoms with Crippen LogP contribution in [0.5, 0.6) is 0 Å². The molecule has 1 atom stereocenters. The minimum atomic E-state index is -1.12. The smallest absolute Gasteiger partial charge is 0.334 e. The van der Waals surface area contributed by atoms with Crippen LogP contribution in [0.3, 0.4) is 0 Å². The number of carboxylic acid groups (broad SMARTS) is 1. The van der Waals surface area contributed by atoms with Crippen molar-refractivity contribution < 1.29 is 19.4 Å². The molecule has 0 heterocycles. The van der Waals surface area contributed by atoms with Crippen molar-refractivity contribution >= 4 is 23.6 Å². The number of halogens is 1. The van der Waals surface area contributed by atoms with Gasteiger partial charge in [0.25, 0.3) is 0 Å². The first kappa shape index (κ1) is 16.3. The second-order valence-electron chi connectivity index (χ2n) is 4.23. The Morgan fingerprint density at radius 2 is 2.00 bits per heavy atom. The summed E-state index contributed by atoms with van der Waals surface area (Å²) in [5.74, 6) is -1.12. The van der Waals surface area contributed by atoms with Crippen molar-refractivity contribution in [3.63, 3.8) is 0 Å². The zero-order valence-electron chi connectivity index (χ0n) is 11.3. The lowest BCUT2D eigenvalue weighted by atomic mass is 10.2. The molecule has 0 aliphatic heterocycles. The van der Waals surface area contributed by atoms with Crippen LogP contribution in [-0.4, -0.2) is 48.8 Å². The number of hydrogen-bond donors (Lipinski definition) is 2. The minimum Gasteiger partial charge on any atom is -0.479 e. The Labute approximate surface area is 122 Å². The van der Waals surface area contributed by atoms with Crippen LogP contribution in [0, 0.1) is 0 Å². The van der Waals surface area contributed by atoms with E-state index in [2.05, 4.69) is 5.32 Å². The molecule has 0 fully saturated rings. The van der Waals surface area contributed by atoms with Crippen LogP contribution in [-0.2, 0) is 16.1 Å². The molecule has 1 aromatic carbocycles. The number of benzene rings is 1. The highest BCUT2D eigenvalue weighted by Gasteiger charge is 2.18. The topological polar surface area (TPSA) is 78.9 Å². The lowest BCUT2D eigenvalue weighted by Gasteiger charge is -2.19. The fraction of sp³-hybridized carbons (Fsp3) is 0.385. The number of aliphatic carboxylic acids is 1. The number of rotatable bonds is 6. The first-order valence-corrected chi connectivity index (χ1v) is 6.31. The number of carboxylic acids is 1. The molecule has 1 aromatic rings. The number of amides is 2. The molecule has 0 spiro atoms. The molecular weight excluding hydrogens is 284 g/mol. The van der Waals surface area contributed by atoms with Gasteiger partial charge in [-0.25, -0.2) is 9.59 Å². The van der Waals surface area contributed by atoms with Crippen molar-refractivity contribution in [1.29, 1.82) is 0 Å². The average Bonchev–Trinajstić information content (AvgIpc) is 2.41. The van der Waals surface area contributed by atoms with Crippen molar-refractivity contribution in [2.45, 2.75) is 12.6 Å². The molecule has 2 N–H and O–H groups in total. The molecule has 1 unspecified atom stereocenters. The van der Waals surface area contributed by atoms with Gasteiger partial charge < -0.3 is 20.1 Å². The Morgan fingerprint density at radius 3 is 2.50 bits per heavy atom. The molecule has 0 radical (unpaired) electrons. The van der Waals surface area contributed by atoms with Crippen LogP contribution in [0.1, 0.15) is 5.56 Å². The largest absolute Gasteiger partial charge is 0.479 e. The van der Waals surface area contributed by atoms with E-state index in [-0.39, 0.29) is 12.6 Å². The fourth-order valence-electron chi connectivity index (χ4n) is 1.52. The third kappa shape index (κ3) is 5.07. The van der Waals surface area contributed by atoms with Crippen molar-refractivity contribution in [2.24, 2.45) is 0 Å². The molecule has 0 aliphatic rings. The number of ether oxygens (including phenoxy) is 1. The van der Waals surface area contributed by atoms with Crippen molar-refractivity contribution in [1.82, 2.24) is 10.2 Å². The van der Waals surface area contributed by atoms with Crippen molar-refractivity contribution in [3.05, 3.63) is 34.9 Å². The zero-order chi connectivity index (χ0) is 15.1. The normalized spacial score (nSPS) is 11.8. The SMILES string of the molecule is COC(CNC(=O)N(C)Cc1ccc(Cl)cc1)C(=O)O. The first-order valence-electron chi connectivity index (χ1n) is 5.93. The van der Waals surface area contributed by atoms with Gasteiger partial charge >= 0.3 is 12.0 Å². The van der Waals surface area contributed by atoms with Gasteiger partial charge in [0, 0.05) is 25.7 Å². The van der Waals surface area contributed by atoms with Crippen LogP contribution in [0.25, 0.3) is 0 Å². The van der Waals surface area contributed by atoms with Gasteiger partial charge in [-0.3, -0.25) is 0 Å². The Hall–Kier alpha value is -1.79. The summed E-state index contributed by atoms with van der Waals surface area (Å²) >= 11 is 5.78. The summed E-state index contributed by atoms with van der Waals surface area (Å²) in [6.45, 7) is 0.309. The molecule has 110 valence electrons. The van der Waals surface area contributed by atoms with Gasteiger partial charge in [-0.05, 0) is 17.7 Å². The van der Waals surface area contributed by atoms with E-state index in [1.165, 1.54) is 12.0 Å². The maximum Gasteiger partial charge on any atom is 0.334 e. The van der Waals surface area contributed by atoms with Gasteiger partial charge in [-0.2, -0.15) is 0 Å². The summed E-state index contributed by atoms with van der Waals surface area (Å²) in [6.07, 6.45) is -1.05. The highest BCUT2D eigenvalue weighted by Crippen LogP contribution is 2.10. The van der Waals surface area contributed by atoms with Crippen LogP contribution < -0.4 is 5.32 Å². The summed E-state index contributed by atoms with van der Waals surface area (Å²) in [5, 5.41) is 11.9. The second kappa shape index (κ2) is 7.72. The van der Waals surface area contributed by atoms with Crippen LogP contribution in [0.15, 0.2) is 24.3 Å². The molecule has 1 rings (SSSR count). The highest BCUT2D eigenvalue weighted by molar-refractivity contribution is 6.30. The average molecular weight is 301 g/mol. The first-order chi connectivity index (χ1) is 9.43. The monoisotopic (exact) mass is 300 g/mol. The van der Waals surface area contributed by atoms with Crippen LogP contribution >= 0.6 is 11.6 Å². The van der Waals surface area contributed by atoms with Gasteiger partial charge in [-0.1, -0.05) is 23.7 Å². The van der Waals surface area contributed by atoms with Gasteiger partial charge in [0.15, 0.2) is 6.10 Å². The third-order valence-corrected chi connectivity index (χ3v) is 2.93. The maximum atomic E-state index is 11.8. The van der Waals surface area contributed by atoms with Gasteiger partial charge in [0.05, 0.1) is 6.54 Å². The minimum absolute atomic E-state index is 0.0877. The summed E-state index contributed by atoms with van der Waals surface area (Å²) in [4.78, 5) is 24.0. The number of nitrogens with one attached hydrogen (secondary N) is 1. The molecule has 0 bridgehead atoms. The Bertz CT molecular complexity index is 464. The van der Waals surface area contributed by atoms with Crippen LogP contribution in [0.2, 0.25) is 5.02 Å². The Kier molecular flexibility index (Phi) is 6.27. The van der Waals surface area contributed by atoms with Gasteiger partial charge in [0.1, 0.15) is 0 Å². The van der Waals surface area contributed by atoms with E-state index in [1.807, 2.05) is 12.1 Å². The molecule has 7 heteroatoms. The Morgan fingerprint density at radius 1 is 1.40 bits per heavy atom. The van der Waals surface area contributed by atoms with Crippen molar-refractivity contribution in [2.75, 3.05) is 20.7 Å². The summed E-state index contributed by atoms with van der Waals surface area (Å²) in [5.41, 5.74) is 0.925. The molecular formula is C13H17ClN2O4. The number of carbonyl (C=O) groups is 2. The van der Waals surface area contributed by atoms with E-state index in [0.29, 0.717) is 11.6 Å².